The van der Waals surface area contributed by atoms with E-state index in [1.54, 1.807) is 0 Å². The molecule has 0 spiro atoms. The van der Waals surface area contributed by atoms with E-state index in [0.29, 0.717) is 12.8 Å². The van der Waals surface area contributed by atoms with Gasteiger partial charge in [0.2, 0.25) is 5.91 Å². The molecule has 3 atom stereocenters. The van der Waals surface area contributed by atoms with Crippen LogP contribution in [0.3, 0.4) is 0 Å². The monoisotopic (exact) mass is 539 g/mol. The minimum absolute atomic E-state index is 0.0323. The van der Waals surface area contributed by atoms with Gasteiger partial charge in [0, 0.05) is 0 Å². The van der Waals surface area contributed by atoms with Gasteiger partial charge < -0.3 is 20.6 Å². The van der Waals surface area contributed by atoms with Crippen LogP contribution in [0.1, 0.15) is 168 Å². The van der Waals surface area contributed by atoms with Crippen molar-refractivity contribution in [2.75, 3.05) is 6.61 Å². The van der Waals surface area contributed by atoms with E-state index in [2.05, 4.69) is 31.3 Å². The zero-order chi connectivity index (χ0) is 28.1. The van der Waals surface area contributed by atoms with Gasteiger partial charge in [-0.3, -0.25) is 4.79 Å². The maximum atomic E-state index is 12.3. The summed E-state index contributed by atoms with van der Waals surface area (Å²) in [5, 5.41) is 33.0. The molecule has 5 heteroatoms. The van der Waals surface area contributed by atoms with E-state index in [9.17, 15) is 20.1 Å². The molecule has 0 heterocycles. The van der Waals surface area contributed by atoms with E-state index >= 15 is 0 Å². The van der Waals surface area contributed by atoms with Crippen LogP contribution in [0.4, 0.5) is 0 Å². The summed E-state index contributed by atoms with van der Waals surface area (Å²) in [6, 6.07) is -0.654. The van der Waals surface area contributed by atoms with Crippen LogP contribution in [-0.4, -0.2) is 46.1 Å². The van der Waals surface area contributed by atoms with Crippen molar-refractivity contribution in [3.63, 3.8) is 0 Å². The molecule has 0 aromatic rings. The van der Waals surface area contributed by atoms with Gasteiger partial charge in [0.05, 0.1) is 31.3 Å². The Kier molecular flexibility index (Phi) is 28.4. The van der Waals surface area contributed by atoms with Gasteiger partial charge in [0.25, 0.3) is 0 Å². The Labute approximate surface area is 236 Å². The minimum atomic E-state index is -0.744. The molecule has 0 aliphatic rings. The quantitative estimate of drug-likeness (QED) is 0.0570. The molecular formula is C33H65NO4. The lowest BCUT2D eigenvalue weighted by molar-refractivity contribution is -0.125. The molecule has 0 aliphatic heterocycles. The highest BCUT2D eigenvalue weighted by atomic mass is 16.3. The largest absolute Gasteiger partial charge is 0.394 e. The average molecular weight is 540 g/mol. The highest BCUT2D eigenvalue weighted by Crippen LogP contribution is 2.14. The third kappa shape index (κ3) is 25.4. The summed E-state index contributed by atoms with van der Waals surface area (Å²) >= 11 is 0. The molecule has 0 fully saturated rings. The fourth-order valence-electron chi connectivity index (χ4n) is 4.98. The average Bonchev–Trinajstić information content (AvgIpc) is 2.90. The molecule has 0 rings (SSSR count). The van der Waals surface area contributed by atoms with E-state index < -0.39 is 18.2 Å². The molecule has 0 bridgehead atoms. The van der Waals surface area contributed by atoms with Gasteiger partial charge in [-0.1, -0.05) is 135 Å². The Hall–Kier alpha value is -0.910. The molecule has 1 amide bonds. The molecule has 38 heavy (non-hydrogen) atoms. The Morgan fingerprint density at radius 2 is 1.05 bits per heavy atom. The fourth-order valence-corrected chi connectivity index (χ4v) is 4.98. The van der Waals surface area contributed by atoms with Crippen molar-refractivity contribution in [2.24, 2.45) is 0 Å². The number of allylic oxidation sites excluding steroid dienone is 2. The molecule has 0 aromatic heterocycles. The standard InChI is InChI=1S/C33H65NO4/c1-3-5-7-9-11-13-15-16-17-18-20-22-24-26-30(36)28-33(38)34-31(29-35)32(37)27-25-23-21-19-14-12-10-8-6-4-2/h13,15,30-32,35-37H,3-12,14,16-29H2,1-2H3,(H,34,38)/b15-13-. The molecule has 0 saturated heterocycles. The molecule has 5 nitrogen and oxygen atoms in total. The molecular weight excluding hydrogens is 474 g/mol. The van der Waals surface area contributed by atoms with Crippen LogP contribution in [0.2, 0.25) is 0 Å². The zero-order valence-corrected chi connectivity index (χ0v) is 25.3. The lowest BCUT2D eigenvalue weighted by Crippen LogP contribution is -2.46. The number of hydrogen-bond acceptors (Lipinski definition) is 4. The smallest absolute Gasteiger partial charge is 0.222 e. The number of aliphatic hydroxyl groups excluding tert-OH is 3. The van der Waals surface area contributed by atoms with E-state index in [1.807, 2.05) is 0 Å². The van der Waals surface area contributed by atoms with E-state index in [4.69, 9.17) is 0 Å². The summed E-state index contributed by atoms with van der Waals surface area (Å²) in [5.41, 5.74) is 0. The maximum Gasteiger partial charge on any atom is 0.222 e. The van der Waals surface area contributed by atoms with Gasteiger partial charge in [-0.15, -0.1) is 0 Å². The first-order chi connectivity index (χ1) is 18.5. The molecule has 4 N–H and O–H groups in total. The van der Waals surface area contributed by atoms with E-state index in [1.165, 1.54) is 103 Å². The first-order valence-electron chi connectivity index (χ1n) is 16.5. The summed E-state index contributed by atoms with van der Waals surface area (Å²) < 4.78 is 0. The Balaban J connectivity index is 3.73. The second kappa shape index (κ2) is 29.1. The van der Waals surface area contributed by atoms with Crippen LogP contribution < -0.4 is 5.32 Å². The van der Waals surface area contributed by atoms with Crippen LogP contribution in [0.5, 0.6) is 0 Å². The minimum Gasteiger partial charge on any atom is -0.394 e. The van der Waals surface area contributed by atoms with Gasteiger partial charge >= 0.3 is 0 Å². The third-order valence-corrected chi connectivity index (χ3v) is 7.58. The number of nitrogens with one attached hydrogen (secondary N) is 1. The highest BCUT2D eigenvalue weighted by molar-refractivity contribution is 5.76. The number of aliphatic hydroxyl groups is 3. The number of amides is 1. The van der Waals surface area contributed by atoms with Crippen molar-refractivity contribution in [1.29, 1.82) is 0 Å². The van der Waals surface area contributed by atoms with Gasteiger partial charge in [0.15, 0.2) is 0 Å². The Bertz CT molecular complexity index is 525. The zero-order valence-electron chi connectivity index (χ0n) is 25.3. The van der Waals surface area contributed by atoms with Crippen molar-refractivity contribution in [3.8, 4) is 0 Å². The second-order valence-corrected chi connectivity index (χ2v) is 11.4. The van der Waals surface area contributed by atoms with Crippen molar-refractivity contribution in [2.45, 2.75) is 186 Å². The number of rotatable bonds is 29. The second-order valence-electron chi connectivity index (χ2n) is 11.4. The first kappa shape index (κ1) is 37.1. The Morgan fingerprint density at radius 3 is 1.55 bits per heavy atom. The number of unbranched alkanes of at least 4 members (excludes halogenated alkanes) is 18. The molecule has 0 aromatic carbocycles. The highest BCUT2D eigenvalue weighted by Gasteiger charge is 2.21. The van der Waals surface area contributed by atoms with Crippen molar-refractivity contribution in [3.05, 3.63) is 12.2 Å². The summed E-state index contributed by atoms with van der Waals surface area (Å²) in [4.78, 5) is 12.3. The topological polar surface area (TPSA) is 89.8 Å². The SMILES string of the molecule is CCCCCC/C=C\CCCCCCCC(O)CC(=O)NC(CO)C(O)CCCCCCCCCCCC. The predicted octanol–water partition coefficient (Wildman–Crippen LogP) is 8.14. The van der Waals surface area contributed by atoms with Gasteiger partial charge in [0.1, 0.15) is 0 Å². The molecule has 3 unspecified atom stereocenters. The van der Waals surface area contributed by atoms with Gasteiger partial charge in [-0.2, -0.15) is 0 Å². The number of carbonyl (C=O) groups excluding carboxylic acids is 1. The molecule has 0 radical (unpaired) electrons. The van der Waals surface area contributed by atoms with Crippen molar-refractivity contribution in [1.82, 2.24) is 5.32 Å². The molecule has 0 saturated carbocycles. The summed E-state index contributed by atoms with van der Waals surface area (Å²) in [7, 11) is 0. The van der Waals surface area contributed by atoms with E-state index in [-0.39, 0.29) is 18.9 Å². The van der Waals surface area contributed by atoms with Crippen LogP contribution >= 0.6 is 0 Å². The lowest BCUT2D eigenvalue weighted by atomic mass is 10.0. The first-order valence-corrected chi connectivity index (χ1v) is 16.5. The van der Waals surface area contributed by atoms with Gasteiger partial charge in [-0.25, -0.2) is 0 Å². The Morgan fingerprint density at radius 1 is 0.632 bits per heavy atom. The number of carbonyl (C=O) groups is 1. The summed E-state index contributed by atoms with van der Waals surface area (Å²) in [6.07, 6.45) is 30.1. The summed E-state index contributed by atoms with van der Waals surface area (Å²) in [5.74, 6) is -0.292. The molecule has 0 aliphatic carbocycles. The van der Waals surface area contributed by atoms with E-state index in [0.717, 1.165) is 32.1 Å². The number of hydrogen-bond donors (Lipinski definition) is 4. The van der Waals surface area contributed by atoms with Gasteiger partial charge in [-0.05, 0) is 38.5 Å². The van der Waals surface area contributed by atoms with Crippen molar-refractivity contribution < 1.29 is 20.1 Å². The lowest BCUT2D eigenvalue weighted by Gasteiger charge is -2.23. The van der Waals surface area contributed by atoms with Crippen LogP contribution in [-0.2, 0) is 4.79 Å². The molecule has 226 valence electrons. The van der Waals surface area contributed by atoms with Crippen LogP contribution in [0.25, 0.3) is 0 Å². The third-order valence-electron chi connectivity index (χ3n) is 7.58. The van der Waals surface area contributed by atoms with Crippen LogP contribution in [0, 0.1) is 0 Å². The summed E-state index contributed by atoms with van der Waals surface area (Å²) in [6.45, 7) is 4.20. The predicted molar refractivity (Wildman–Crippen MR) is 162 cm³/mol. The van der Waals surface area contributed by atoms with Crippen LogP contribution in [0.15, 0.2) is 12.2 Å². The fraction of sp³-hybridized carbons (Fsp3) is 0.909. The maximum absolute atomic E-state index is 12.3. The normalized spacial score (nSPS) is 14.1. The van der Waals surface area contributed by atoms with Crippen molar-refractivity contribution >= 4 is 5.91 Å².